The molecule has 0 saturated carbocycles. The van der Waals surface area contributed by atoms with E-state index >= 15 is 0 Å². The first-order valence-electron chi connectivity index (χ1n) is 17.1. The van der Waals surface area contributed by atoms with E-state index in [9.17, 15) is 19.2 Å². The Morgan fingerprint density at radius 2 is 0.863 bits per heavy atom. The Balaban J connectivity index is 1.60. The maximum atomic E-state index is 12.3. The van der Waals surface area contributed by atoms with Gasteiger partial charge in [-0.1, -0.05) is 60.9 Å². The van der Waals surface area contributed by atoms with Crippen LogP contribution >= 0.6 is 0 Å². The molecule has 0 aliphatic carbocycles. The topological polar surface area (TPSA) is 228 Å². The van der Waals surface area contributed by atoms with E-state index in [1.54, 1.807) is 34.6 Å². The lowest BCUT2D eigenvalue weighted by atomic mass is 10.00. The van der Waals surface area contributed by atoms with Gasteiger partial charge < -0.3 is 19.4 Å². The highest BCUT2D eigenvalue weighted by Gasteiger charge is 2.25. The van der Waals surface area contributed by atoms with Crippen molar-refractivity contribution in [2.75, 3.05) is 0 Å². The molecule has 4 rings (SSSR count). The predicted molar refractivity (Wildman–Crippen MR) is 173 cm³/mol. The molecule has 0 bridgehead atoms. The first kappa shape index (κ1) is 38.2. The maximum absolute atomic E-state index is 12.3. The molecule has 20 nitrogen and oxygen atoms in total. The van der Waals surface area contributed by atoms with Gasteiger partial charge in [0.15, 0.2) is 0 Å². The van der Waals surface area contributed by atoms with Crippen molar-refractivity contribution >= 4 is 23.9 Å². The van der Waals surface area contributed by atoms with Gasteiger partial charge in [-0.05, 0) is 53.5 Å². The minimum absolute atomic E-state index is 0.0530. The third kappa shape index (κ3) is 9.57. The predicted octanol–water partition coefficient (Wildman–Crippen LogP) is 0.691. The van der Waals surface area contributed by atoms with E-state index in [1.165, 1.54) is 0 Å². The minimum atomic E-state index is -0.508. The third-order valence-electron chi connectivity index (χ3n) is 8.12. The molecular weight excluding hydrogens is 668 g/mol. The second-order valence-corrected chi connectivity index (χ2v) is 11.6. The van der Waals surface area contributed by atoms with Crippen LogP contribution in [0.2, 0.25) is 0 Å². The van der Waals surface area contributed by atoms with Crippen LogP contribution in [0.5, 0.6) is 0 Å². The van der Waals surface area contributed by atoms with E-state index in [4.69, 9.17) is 19.4 Å². The van der Waals surface area contributed by atoms with Crippen LogP contribution in [0.15, 0.2) is 0 Å². The van der Waals surface area contributed by atoms with Crippen molar-refractivity contribution < 1.29 is 38.5 Å². The number of hydrogen-bond donors (Lipinski definition) is 0. The second-order valence-electron chi connectivity index (χ2n) is 11.6. The van der Waals surface area contributed by atoms with E-state index in [1.807, 2.05) is 13.8 Å². The van der Waals surface area contributed by atoms with Gasteiger partial charge in [-0.15, -0.1) is 20.4 Å². The number of hydrogen-bond acceptors (Lipinski definition) is 16. The van der Waals surface area contributed by atoms with Crippen LogP contribution in [0.25, 0.3) is 0 Å². The Labute approximate surface area is 293 Å². The van der Waals surface area contributed by atoms with Crippen LogP contribution in [-0.2, 0) is 57.7 Å². The lowest BCUT2D eigenvalue weighted by molar-refractivity contribution is -0.146. The zero-order valence-corrected chi connectivity index (χ0v) is 30.0. The van der Waals surface area contributed by atoms with Crippen molar-refractivity contribution in [3.8, 4) is 0 Å². The lowest BCUT2D eigenvalue weighted by Gasteiger charge is -2.11. The quantitative estimate of drug-likeness (QED) is 0.122. The number of nitrogens with zero attached hydrogens (tertiary/aromatic N) is 12. The molecule has 20 heteroatoms. The van der Waals surface area contributed by atoms with Gasteiger partial charge in [0.2, 0.25) is 0 Å². The zero-order chi connectivity index (χ0) is 37.1. The fourth-order valence-electron chi connectivity index (χ4n) is 4.84. The summed E-state index contributed by atoms with van der Waals surface area (Å²) in [5, 5.41) is 33.2. The Hall–Kier alpha value is -5.56. The minimum Gasteiger partial charge on any atom is -0.318 e. The van der Waals surface area contributed by atoms with Crippen LogP contribution < -0.4 is 19.4 Å². The van der Waals surface area contributed by atoms with Crippen LogP contribution in [-0.4, -0.2) is 84.5 Å². The van der Waals surface area contributed by atoms with Gasteiger partial charge >= 0.3 is 23.9 Å². The SMILES string of the molecule is CCC(=O)On1nnc(CCc2c(CCc3c(CCc4c(C(C)CC)nnn4OC(=O)CC)nnn3OC(=O)CC)nnn2OC(=O)CC)c1C. The molecule has 0 aliphatic rings. The summed E-state index contributed by atoms with van der Waals surface area (Å²) >= 11 is 0. The molecule has 1 atom stereocenters. The van der Waals surface area contributed by atoms with Gasteiger partial charge in [0.1, 0.15) is 22.8 Å². The summed E-state index contributed by atoms with van der Waals surface area (Å²) in [6.45, 7) is 12.5. The van der Waals surface area contributed by atoms with Crippen molar-refractivity contribution in [2.24, 2.45) is 0 Å². The van der Waals surface area contributed by atoms with Crippen molar-refractivity contribution in [2.45, 2.75) is 125 Å². The average Bonchev–Trinajstić information content (AvgIpc) is 3.91. The van der Waals surface area contributed by atoms with Gasteiger partial charge in [0, 0.05) is 50.9 Å². The molecule has 0 fully saturated rings. The molecule has 4 heterocycles. The van der Waals surface area contributed by atoms with E-state index in [0.29, 0.717) is 71.2 Å². The maximum Gasteiger partial charge on any atom is 0.334 e. The van der Waals surface area contributed by atoms with Gasteiger partial charge in [-0.2, -0.15) is 0 Å². The number of rotatable bonds is 19. The van der Waals surface area contributed by atoms with E-state index < -0.39 is 23.9 Å². The summed E-state index contributed by atoms with van der Waals surface area (Å²) in [5.41, 5.74) is 4.48. The number of aromatic nitrogens is 12. The molecule has 0 aliphatic heterocycles. The van der Waals surface area contributed by atoms with Gasteiger partial charge in [-0.3, -0.25) is 0 Å². The molecule has 0 saturated heterocycles. The average molecular weight is 713 g/mol. The standard InChI is InChI=1S/C31H44N12O8/c1-8-19(6)31-26(43(39-35-31)51-30(47)12-5)18-15-23-25(42(38-34-23)50-29(46)11-4)17-14-22-24(41(37-33-22)49-28(45)10-3)16-13-21-20(7)40(36-32-21)48-27(44)9-2/h19H,8-18H2,1-7H3. The Kier molecular flexibility index (Phi) is 13.4. The van der Waals surface area contributed by atoms with Crippen molar-refractivity contribution in [1.29, 1.82) is 0 Å². The molecule has 0 radical (unpaired) electrons. The van der Waals surface area contributed by atoms with Gasteiger partial charge in [0.25, 0.3) is 0 Å². The molecule has 276 valence electrons. The van der Waals surface area contributed by atoms with Gasteiger partial charge in [0.05, 0.1) is 22.8 Å². The Morgan fingerprint density at radius 3 is 1.31 bits per heavy atom. The molecular formula is C31H44N12O8. The molecule has 51 heavy (non-hydrogen) atoms. The van der Waals surface area contributed by atoms with Gasteiger partial charge in [-0.25, -0.2) is 19.2 Å². The summed E-state index contributed by atoms with van der Waals surface area (Å²) in [7, 11) is 0. The van der Waals surface area contributed by atoms with Crippen LogP contribution in [0, 0.1) is 6.92 Å². The highest BCUT2D eigenvalue weighted by Crippen LogP contribution is 2.22. The van der Waals surface area contributed by atoms with Crippen LogP contribution in [0.3, 0.4) is 0 Å². The normalized spacial score (nSPS) is 11.7. The highest BCUT2D eigenvalue weighted by atomic mass is 16.7. The highest BCUT2D eigenvalue weighted by molar-refractivity contribution is 5.70. The summed E-state index contributed by atoms with van der Waals surface area (Å²) in [4.78, 5) is 74.4. The smallest absolute Gasteiger partial charge is 0.318 e. The Bertz CT molecular complexity index is 1820. The summed E-state index contributed by atoms with van der Waals surface area (Å²) < 4.78 is 0. The van der Waals surface area contributed by atoms with Crippen molar-refractivity contribution in [3.63, 3.8) is 0 Å². The summed E-state index contributed by atoms with van der Waals surface area (Å²) in [6.07, 6.45) is 3.20. The van der Waals surface area contributed by atoms with E-state index in [0.717, 1.165) is 25.8 Å². The molecule has 0 N–H and O–H groups in total. The zero-order valence-electron chi connectivity index (χ0n) is 30.0. The van der Waals surface area contributed by atoms with Crippen molar-refractivity contribution in [3.05, 3.63) is 45.6 Å². The van der Waals surface area contributed by atoms with E-state index in [2.05, 4.69) is 41.2 Å². The fraction of sp³-hybridized carbons (Fsp3) is 0.613. The van der Waals surface area contributed by atoms with Crippen LogP contribution in [0.1, 0.15) is 125 Å². The first-order valence-corrected chi connectivity index (χ1v) is 17.1. The first-order chi connectivity index (χ1) is 24.5. The molecule has 0 aromatic carbocycles. The Morgan fingerprint density at radius 1 is 0.510 bits per heavy atom. The summed E-state index contributed by atoms with van der Waals surface area (Å²) in [6, 6.07) is 0. The molecule has 1 unspecified atom stereocenters. The molecule has 0 amide bonds. The number of aryl methyl sites for hydroxylation is 3. The van der Waals surface area contributed by atoms with E-state index in [-0.39, 0.29) is 44.4 Å². The molecule has 4 aromatic heterocycles. The number of carbonyl (C=O) groups excluding carboxylic acids is 4. The van der Waals surface area contributed by atoms with Crippen molar-refractivity contribution in [1.82, 2.24) is 60.6 Å². The molecule has 0 spiro atoms. The fourth-order valence-corrected chi connectivity index (χ4v) is 4.84. The third-order valence-corrected chi connectivity index (χ3v) is 8.12. The molecule has 4 aromatic rings. The summed E-state index contributed by atoms with van der Waals surface area (Å²) in [5.74, 6) is -1.87. The second kappa shape index (κ2) is 17.9. The lowest BCUT2D eigenvalue weighted by Crippen LogP contribution is -2.24. The number of carbonyl (C=O) groups is 4. The largest absolute Gasteiger partial charge is 0.334 e. The monoisotopic (exact) mass is 712 g/mol. The van der Waals surface area contributed by atoms with Crippen LogP contribution in [0.4, 0.5) is 0 Å².